The molecule has 3 amide bonds. The number of primary amides is 1. The molecule has 3 unspecified atom stereocenters. The summed E-state index contributed by atoms with van der Waals surface area (Å²) in [7, 11) is 0. The zero-order valence-electron chi connectivity index (χ0n) is 23.6. The van der Waals surface area contributed by atoms with Gasteiger partial charge in [-0.15, -0.1) is 5.10 Å². The Kier molecular flexibility index (Phi) is 7.54. The minimum atomic E-state index is -1.37. The second kappa shape index (κ2) is 10.5. The van der Waals surface area contributed by atoms with Crippen LogP contribution in [-0.4, -0.2) is 72.7 Å². The van der Waals surface area contributed by atoms with Gasteiger partial charge >= 0.3 is 0 Å². The minimum Gasteiger partial charge on any atom is -0.384 e. The average molecular weight is 558 g/mol. The molecular weight excluding hydrogens is 514 g/mol. The van der Waals surface area contributed by atoms with Crippen LogP contribution in [0.2, 0.25) is 0 Å². The normalized spacial score (nSPS) is 30.3. The average Bonchev–Trinajstić information content (AvgIpc) is 3.70. The van der Waals surface area contributed by atoms with Gasteiger partial charge in [-0.05, 0) is 76.5 Å². The molecule has 1 aromatic rings. The van der Waals surface area contributed by atoms with Crippen LogP contribution in [0.1, 0.15) is 103 Å². The number of carbonyl (C=O) groups excluding carboxylic acids is 4. The lowest BCUT2D eigenvalue weighted by atomic mass is 9.78. The van der Waals surface area contributed by atoms with Crippen molar-refractivity contribution in [3.8, 4) is 0 Å². The van der Waals surface area contributed by atoms with E-state index in [2.05, 4.69) is 15.6 Å². The summed E-state index contributed by atoms with van der Waals surface area (Å²) in [6.45, 7) is 3.40. The van der Waals surface area contributed by atoms with Crippen molar-refractivity contribution < 1.29 is 24.3 Å². The smallest absolute Gasteiger partial charge is 0.287 e. The SMILES string of the molecule is CC(C)(O)c1cnnn1C1CC(C(=O)NC2(C(=O)C(N)=O)CCCCC2)N(C(=O)C(N)CC23CCC(CC2)C3)C1. The predicted molar refractivity (Wildman–Crippen MR) is 144 cm³/mol. The largest absolute Gasteiger partial charge is 0.384 e. The van der Waals surface area contributed by atoms with Crippen molar-refractivity contribution in [1.29, 1.82) is 0 Å². The molecule has 0 radical (unpaired) electrons. The van der Waals surface area contributed by atoms with Gasteiger partial charge in [0.25, 0.3) is 5.91 Å². The third-order valence-corrected chi connectivity index (χ3v) is 10.00. The molecule has 3 saturated carbocycles. The summed E-state index contributed by atoms with van der Waals surface area (Å²) < 4.78 is 1.57. The maximum absolute atomic E-state index is 13.9. The lowest BCUT2D eigenvalue weighted by Gasteiger charge is -2.37. The maximum Gasteiger partial charge on any atom is 0.287 e. The first-order valence-corrected chi connectivity index (χ1v) is 14.7. The second-order valence-corrected chi connectivity index (χ2v) is 13.3. The Morgan fingerprint density at radius 1 is 1.15 bits per heavy atom. The standard InChI is InChI=1S/C28H43N7O5/c1-26(2,40)21-15-31-33-35(21)18-12-20(24(38)32-28(22(36)23(30)37)8-4-3-5-9-28)34(16-18)25(39)19(29)14-27-10-6-17(13-27)7-11-27/h15,17-20,40H,3-14,16,29H2,1-2H3,(H2,30,37)(H,32,38). The van der Waals surface area contributed by atoms with Crippen LogP contribution in [0.5, 0.6) is 0 Å². The molecule has 12 heteroatoms. The van der Waals surface area contributed by atoms with Crippen molar-refractivity contribution in [2.75, 3.05) is 6.54 Å². The molecular formula is C28H43N7O5. The molecule has 2 bridgehead atoms. The molecule has 4 aliphatic rings. The van der Waals surface area contributed by atoms with Crippen LogP contribution >= 0.6 is 0 Å². The number of aromatic nitrogens is 3. The van der Waals surface area contributed by atoms with Gasteiger partial charge in [0, 0.05) is 13.0 Å². The third kappa shape index (κ3) is 5.27. The Bertz CT molecular complexity index is 1160. The fourth-order valence-electron chi connectivity index (χ4n) is 7.92. The van der Waals surface area contributed by atoms with Crippen LogP contribution in [0.3, 0.4) is 0 Å². The number of aliphatic hydroxyl groups is 1. The highest BCUT2D eigenvalue weighted by molar-refractivity contribution is 6.39. The quantitative estimate of drug-likeness (QED) is 0.321. The zero-order valence-corrected chi connectivity index (χ0v) is 23.6. The summed E-state index contributed by atoms with van der Waals surface area (Å²) in [5.74, 6) is -1.98. The molecule has 3 atom stereocenters. The van der Waals surface area contributed by atoms with E-state index in [4.69, 9.17) is 11.5 Å². The van der Waals surface area contributed by atoms with Gasteiger partial charge in [-0.25, -0.2) is 4.68 Å². The zero-order chi connectivity index (χ0) is 28.9. The number of hydrogen-bond acceptors (Lipinski definition) is 8. The van der Waals surface area contributed by atoms with E-state index in [1.807, 2.05) is 0 Å². The first-order chi connectivity index (χ1) is 18.8. The predicted octanol–water partition coefficient (Wildman–Crippen LogP) is 0.819. The Morgan fingerprint density at radius 2 is 1.82 bits per heavy atom. The van der Waals surface area contributed by atoms with Gasteiger partial charge in [-0.3, -0.25) is 19.2 Å². The van der Waals surface area contributed by atoms with Crippen LogP contribution < -0.4 is 16.8 Å². The van der Waals surface area contributed by atoms with E-state index in [0.29, 0.717) is 37.8 Å². The topological polar surface area (TPSA) is 187 Å². The number of rotatable bonds is 9. The van der Waals surface area contributed by atoms with Crippen molar-refractivity contribution in [3.05, 3.63) is 11.9 Å². The molecule has 5 rings (SSSR count). The van der Waals surface area contributed by atoms with Crippen molar-refractivity contribution in [1.82, 2.24) is 25.2 Å². The van der Waals surface area contributed by atoms with E-state index < -0.39 is 46.9 Å². The molecule has 40 heavy (non-hydrogen) atoms. The van der Waals surface area contributed by atoms with E-state index in [-0.39, 0.29) is 24.3 Å². The Balaban J connectivity index is 1.41. The highest BCUT2D eigenvalue weighted by Gasteiger charge is 2.50. The minimum absolute atomic E-state index is 0.0939. The van der Waals surface area contributed by atoms with Crippen LogP contribution in [0, 0.1) is 11.3 Å². The molecule has 2 heterocycles. The number of likely N-dealkylation sites (tertiary alicyclic amines) is 1. The van der Waals surface area contributed by atoms with Gasteiger partial charge in [0.15, 0.2) is 0 Å². The molecule has 220 valence electrons. The van der Waals surface area contributed by atoms with Crippen molar-refractivity contribution in [2.24, 2.45) is 22.8 Å². The van der Waals surface area contributed by atoms with E-state index in [9.17, 15) is 24.3 Å². The van der Waals surface area contributed by atoms with Gasteiger partial charge in [0.2, 0.25) is 17.6 Å². The molecule has 0 aromatic carbocycles. The van der Waals surface area contributed by atoms with Crippen molar-refractivity contribution in [2.45, 2.75) is 120 Å². The van der Waals surface area contributed by atoms with E-state index in [0.717, 1.165) is 31.6 Å². The summed E-state index contributed by atoms with van der Waals surface area (Å²) in [6, 6.07) is -2.13. The van der Waals surface area contributed by atoms with E-state index >= 15 is 0 Å². The van der Waals surface area contributed by atoms with E-state index in [1.54, 1.807) is 18.5 Å². The van der Waals surface area contributed by atoms with Gasteiger partial charge < -0.3 is 26.8 Å². The molecule has 0 spiro atoms. The van der Waals surface area contributed by atoms with Crippen molar-refractivity contribution >= 4 is 23.5 Å². The monoisotopic (exact) mass is 557 g/mol. The first kappa shape index (κ1) is 28.7. The van der Waals surface area contributed by atoms with Crippen LogP contribution in [-0.2, 0) is 24.8 Å². The molecule has 1 aliphatic heterocycles. The van der Waals surface area contributed by atoms with Crippen molar-refractivity contribution in [3.63, 3.8) is 0 Å². The maximum atomic E-state index is 13.9. The summed E-state index contributed by atoms with van der Waals surface area (Å²) in [5, 5.41) is 21.7. The van der Waals surface area contributed by atoms with Gasteiger partial charge in [0.1, 0.15) is 17.2 Å². The Labute approximate surface area is 234 Å². The summed E-state index contributed by atoms with van der Waals surface area (Å²) in [4.78, 5) is 54.2. The van der Waals surface area contributed by atoms with Gasteiger partial charge in [0.05, 0.1) is 24.0 Å². The van der Waals surface area contributed by atoms with Crippen LogP contribution in [0.25, 0.3) is 0 Å². The molecule has 12 nitrogen and oxygen atoms in total. The number of nitrogens with two attached hydrogens (primary N) is 2. The third-order valence-electron chi connectivity index (χ3n) is 10.00. The number of nitrogens with zero attached hydrogens (tertiary/aromatic N) is 4. The lowest BCUT2D eigenvalue weighted by Crippen LogP contribution is -2.62. The number of Topliss-reactive ketones (excluding diaryl/α,β-unsaturated/α-hetero) is 1. The highest BCUT2D eigenvalue weighted by atomic mass is 16.3. The summed E-state index contributed by atoms with van der Waals surface area (Å²) in [5.41, 5.74) is 9.90. The number of ketones is 1. The summed E-state index contributed by atoms with van der Waals surface area (Å²) >= 11 is 0. The molecule has 4 fully saturated rings. The summed E-state index contributed by atoms with van der Waals surface area (Å²) in [6.07, 6.45) is 10.8. The molecule has 1 aromatic heterocycles. The second-order valence-electron chi connectivity index (χ2n) is 13.3. The highest BCUT2D eigenvalue weighted by Crippen LogP contribution is 2.56. The number of nitrogens with one attached hydrogen (secondary N) is 1. The fourth-order valence-corrected chi connectivity index (χ4v) is 7.92. The van der Waals surface area contributed by atoms with Gasteiger partial charge in [-0.2, -0.15) is 0 Å². The Morgan fingerprint density at radius 3 is 2.40 bits per heavy atom. The number of carbonyl (C=O) groups is 4. The molecule has 1 saturated heterocycles. The molecule has 3 aliphatic carbocycles. The van der Waals surface area contributed by atoms with E-state index in [1.165, 1.54) is 23.9 Å². The first-order valence-electron chi connectivity index (χ1n) is 14.7. The van der Waals surface area contributed by atoms with Crippen LogP contribution in [0.4, 0.5) is 0 Å². The van der Waals surface area contributed by atoms with Gasteiger partial charge in [-0.1, -0.05) is 24.5 Å². The number of fused-ring (bicyclic) bond motifs is 2. The molecule has 6 N–H and O–H groups in total. The Hall–Kier alpha value is -2.86. The number of hydrogen-bond donors (Lipinski definition) is 4. The number of amides is 3. The lowest BCUT2D eigenvalue weighted by molar-refractivity contribution is -0.145. The fraction of sp³-hybridized carbons (Fsp3) is 0.786. The van der Waals surface area contributed by atoms with Crippen LogP contribution in [0.15, 0.2) is 6.20 Å².